The van der Waals surface area contributed by atoms with Crippen LogP contribution in [0.3, 0.4) is 0 Å². The van der Waals surface area contributed by atoms with Crippen LogP contribution in [0.25, 0.3) is 11.7 Å². The highest BCUT2D eigenvalue weighted by Gasteiger charge is 2.17. The maximum atomic E-state index is 12.5. The molecule has 0 atom stereocenters. The van der Waals surface area contributed by atoms with Crippen molar-refractivity contribution >= 4 is 5.78 Å². The zero-order chi connectivity index (χ0) is 16.5. The number of aromatic nitrogens is 2. The van der Waals surface area contributed by atoms with Crippen LogP contribution in [0.5, 0.6) is 0 Å². The highest BCUT2D eigenvalue weighted by molar-refractivity contribution is 5.96. The third-order valence-electron chi connectivity index (χ3n) is 4.30. The van der Waals surface area contributed by atoms with Crippen molar-refractivity contribution in [2.45, 2.75) is 32.2 Å². The molecule has 0 saturated carbocycles. The number of fused-ring (bicyclic) bond motifs is 1. The van der Waals surface area contributed by atoms with E-state index in [0.717, 1.165) is 23.9 Å². The monoisotopic (exact) mass is 324 g/mol. The van der Waals surface area contributed by atoms with E-state index in [1.807, 2.05) is 18.2 Å². The minimum atomic E-state index is -0.673. The number of hydrogen-bond acceptors (Lipinski definition) is 5. The summed E-state index contributed by atoms with van der Waals surface area (Å²) in [4.78, 5) is 24.4. The number of benzene rings is 1. The first-order valence-electron chi connectivity index (χ1n) is 7.97. The number of carbonyl (C=O) groups excluding carboxylic acids is 1. The molecule has 24 heavy (non-hydrogen) atoms. The van der Waals surface area contributed by atoms with Crippen molar-refractivity contribution in [3.05, 3.63) is 63.8 Å². The first-order valence-corrected chi connectivity index (χ1v) is 7.97. The van der Waals surface area contributed by atoms with Gasteiger partial charge in [0.05, 0.1) is 6.26 Å². The summed E-state index contributed by atoms with van der Waals surface area (Å²) in [6.45, 7) is -0.151. The smallest absolute Gasteiger partial charge is 0.437 e. The molecule has 1 aliphatic rings. The fourth-order valence-electron chi connectivity index (χ4n) is 3.04. The van der Waals surface area contributed by atoms with Crippen LogP contribution in [0.1, 0.15) is 34.3 Å². The van der Waals surface area contributed by atoms with Crippen molar-refractivity contribution in [3.63, 3.8) is 0 Å². The van der Waals surface area contributed by atoms with Gasteiger partial charge in [0.25, 0.3) is 5.89 Å². The third-order valence-corrected chi connectivity index (χ3v) is 4.30. The van der Waals surface area contributed by atoms with Crippen molar-refractivity contribution in [2.75, 3.05) is 0 Å². The second-order valence-electron chi connectivity index (χ2n) is 5.92. The van der Waals surface area contributed by atoms with Gasteiger partial charge in [-0.2, -0.15) is 4.68 Å². The summed E-state index contributed by atoms with van der Waals surface area (Å²) < 4.78 is 11.2. The minimum Gasteiger partial charge on any atom is -0.459 e. The summed E-state index contributed by atoms with van der Waals surface area (Å²) in [5.41, 5.74) is 3.15. The van der Waals surface area contributed by atoms with Gasteiger partial charge in [0.15, 0.2) is 11.5 Å². The van der Waals surface area contributed by atoms with Crippen LogP contribution in [0, 0.1) is 0 Å². The summed E-state index contributed by atoms with van der Waals surface area (Å²) in [5.74, 6) is -0.409. The number of Topliss-reactive ketones (excluding diaryl/α,β-unsaturated/α-hetero) is 1. The van der Waals surface area contributed by atoms with Crippen molar-refractivity contribution in [1.29, 1.82) is 0 Å². The molecule has 6 heteroatoms. The first kappa shape index (κ1) is 14.7. The van der Waals surface area contributed by atoms with Crippen LogP contribution in [0.4, 0.5) is 0 Å². The van der Waals surface area contributed by atoms with Gasteiger partial charge in [-0.25, -0.2) is 4.79 Å². The molecular weight excluding hydrogens is 308 g/mol. The largest absolute Gasteiger partial charge is 0.459 e. The number of rotatable bonds is 4. The molecule has 6 nitrogen and oxygen atoms in total. The van der Waals surface area contributed by atoms with Gasteiger partial charge in [-0.1, -0.05) is 12.1 Å². The van der Waals surface area contributed by atoms with Crippen LogP contribution in [-0.4, -0.2) is 15.6 Å². The Labute approximate surface area is 137 Å². The Morgan fingerprint density at radius 2 is 2.00 bits per heavy atom. The second-order valence-corrected chi connectivity index (χ2v) is 5.92. The average Bonchev–Trinajstić information content (AvgIpc) is 3.25. The van der Waals surface area contributed by atoms with Crippen molar-refractivity contribution in [3.8, 4) is 11.7 Å². The van der Waals surface area contributed by atoms with E-state index in [-0.39, 0.29) is 18.2 Å². The fraction of sp³-hybridized carbons (Fsp3) is 0.278. The van der Waals surface area contributed by atoms with Gasteiger partial charge in [0.1, 0.15) is 6.54 Å². The lowest BCUT2D eigenvalue weighted by atomic mass is 9.90. The van der Waals surface area contributed by atoms with Crippen molar-refractivity contribution in [1.82, 2.24) is 9.78 Å². The molecule has 0 unspecified atom stereocenters. The highest BCUT2D eigenvalue weighted by atomic mass is 16.4. The van der Waals surface area contributed by atoms with Gasteiger partial charge in [0, 0.05) is 5.56 Å². The van der Waals surface area contributed by atoms with Crippen molar-refractivity contribution < 1.29 is 13.6 Å². The lowest BCUT2D eigenvalue weighted by Crippen LogP contribution is -2.21. The molecule has 2 aromatic heterocycles. The zero-order valence-corrected chi connectivity index (χ0v) is 13.0. The Kier molecular flexibility index (Phi) is 3.65. The molecule has 3 aromatic rings. The van der Waals surface area contributed by atoms with E-state index in [2.05, 4.69) is 5.10 Å². The van der Waals surface area contributed by atoms with Gasteiger partial charge in [-0.05, 0) is 55.0 Å². The van der Waals surface area contributed by atoms with Crippen molar-refractivity contribution in [2.24, 2.45) is 0 Å². The van der Waals surface area contributed by atoms with E-state index in [1.54, 1.807) is 12.1 Å². The van der Waals surface area contributed by atoms with Crippen LogP contribution in [0.2, 0.25) is 0 Å². The van der Waals surface area contributed by atoms with Crippen LogP contribution >= 0.6 is 0 Å². The maximum absolute atomic E-state index is 12.5. The molecule has 4 rings (SSSR count). The summed E-state index contributed by atoms with van der Waals surface area (Å²) in [5, 5.41) is 4.03. The summed E-state index contributed by atoms with van der Waals surface area (Å²) >= 11 is 0. The topological polar surface area (TPSA) is 78.2 Å². The standard InChI is InChI=1S/C18H16N2O4/c21-15(14-8-7-12-4-1-2-5-13(12)10-14)11-20-18(22)24-17(19-20)16-6-3-9-23-16/h3,6-10H,1-2,4-5,11H2. The van der Waals surface area contributed by atoms with Gasteiger partial charge < -0.3 is 8.83 Å². The Morgan fingerprint density at radius 3 is 2.79 bits per heavy atom. The lowest BCUT2D eigenvalue weighted by Gasteiger charge is -2.16. The van der Waals surface area contributed by atoms with Gasteiger partial charge in [-0.3, -0.25) is 4.79 Å². The molecule has 0 saturated heterocycles. The maximum Gasteiger partial charge on any atom is 0.437 e. The fourth-order valence-corrected chi connectivity index (χ4v) is 3.04. The molecule has 0 N–H and O–H groups in total. The summed E-state index contributed by atoms with van der Waals surface area (Å²) in [6, 6.07) is 9.09. The number of aryl methyl sites for hydroxylation is 2. The number of ketones is 1. The van der Waals surface area contributed by atoms with E-state index >= 15 is 0 Å². The Balaban J connectivity index is 1.57. The summed E-state index contributed by atoms with van der Waals surface area (Å²) in [6.07, 6.45) is 5.89. The van der Waals surface area contributed by atoms with Gasteiger partial charge in [0.2, 0.25) is 0 Å². The zero-order valence-electron chi connectivity index (χ0n) is 13.0. The number of nitrogens with zero attached hydrogens (tertiary/aromatic N) is 2. The highest BCUT2D eigenvalue weighted by Crippen LogP contribution is 2.22. The predicted octanol–water partition coefficient (Wildman–Crippen LogP) is 2.86. The van der Waals surface area contributed by atoms with E-state index in [9.17, 15) is 9.59 Å². The molecule has 0 fully saturated rings. The van der Waals surface area contributed by atoms with Gasteiger partial charge in [-0.15, -0.1) is 5.10 Å². The van der Waals surface area contributed by atoms with Gasteiger partial charge >= 0.3 is 5.76 Å². The van der Waals surface area contributed by atoms with E-state index in [1.165, 1.54) is 23.8 Å². The molecule has 1 aliphatic carbocycles. The lowest BCUT2D eigenvalue weighted by molar-refractivity contribution is 0.0964. The average molecular weight is 324 g/mol. The van der Waals surface area contributed by atoms with Crippen LogP contribution < -0.4 is 5.76 Å². The van der Waals surface area contributed by atoms with Crippen LogP contribution in [0.15, 0.2) is 50.2 Å². The normalized spacial score (nSPS) is 13.7. The molecule has 0 spiro atoms. The molecular formula is C18H16N2O4. The molecule has 1 aromatic carbocycles. The first-order chi connectivity index (χ1) is 11.7. The molecule has 0 aliphatic heterocycles. The Morgan fingerprint density at radius 1 is 1.17 bits per heavy atom. The Hall–Kier alpha value is -2.89. The van der Waals surface area contributed by atoms with E-state index in [0.29, 0.717) is 11.3 Å². The van der Waals surface area contributed by atoms with E-state index in [4.69, 9.17) is 8.83 Å². The summed E-state index contributed by atoms with van der Waals surface area (Å²) in [7, 11) is 0. The predicted molar refractivity (Wildman–Crippen MR) is 85.9 cm³/mol. The number of hydrogen-bond donors (Lipinski definition) is 0. The van der Waals surface area contributed by atoms with E-state index < -0.39 is 5.76 Å². The number of furan rings is 1. The number of carbonyl (C=O) groups is 1. The molecule has 0 amide bonds. The molecule has 0 radical (unpaired) electrons. The Bertz CT molecular complexity index is 934. The molecule has 2 heterocycles. The molecule has 0 bridgehead atoms. The molecule has 122 valence electrons. The SMILES string of the molecule is O=C(Cn1nc(-c2ccco2)oc1=O)c1ccc2c(c1)CCCC2. The third kappa shape index (κ3) is 2.71. The minimum absolute atomic E-state index is 0.0724. The van der Waals surface area contributed by atoms with Crippen LogP contribution in [-0.2, 0) is 19.4 Å². The quantitative estimate of drug-likeness (QED) is 0.690. The second kappa shape index (κ2) is 5.96.